The minimum absolute atomic E-state index is 0.0632. The molecule has 0 spiro atoms. The normalized spacial score (nSPS) is 17.7. The van der Waals surface area contributed by atoms with Gasteiger partial charge in [0, 0.05) is 28.1 Å². The number of anilines is 2. The number of benzene rings is 5. The lowest BCUT2D eigenvalue weighted by atomic mass is 9.82. The molecule has 208 valence electrons. The fourth-order valence-corrected chi connectivity index (χ4v) is 7.86. The van der Waals surface area contributed by atoms with Gasteiger partial charge < -0.3 is 4.90 Å². The minimum Gasteiger partial charge on any atom is -0.311 e. The van der Waals surface area contributed by atoms with Crippen LogP contribution >= 0.6 is 11.8 Å². The van der Waals surface area contributed by atoms with Crippen molar-refractivity contribution >= 4 is 28.2 Å². The molecular formula is C40H32N2S. The van der Waals surface area contributed by atoms with Crippen LogP contribution in [0.5, 0.6) is 0 Å². The fourth-order valence-electron chi connectivity index (χ4n) is 6.72. The molecule has 0 amide bonds. The molecule has 0 bridgehead atoms. The average molecular weight is 573 g/mol. The summed E-state index contributed by atoms with van der Waals surface area (Å²) in [4.78, 5) is 7.55. The Hall–Kier alpha value is -4.60. The Morgan fingerprint density at radius 2 is 1.28 bits per heavy atom. The van der Waals surface area contributed by atoms with E-state index in [9.17, 15) is 0 Å². The molecule has 0 saturated carbocycles. The maximum atomic E-state index is 5.14. The van der Waals surface area contributed by atoms with Gasteiger partial charge >= 0.3 is 0 Å². The van der Waals surface area contributed by atoms with Gasteiger partial charge in [0.1, 0.15) is 5.04 Å². The molecule has 1 atom stereocenters. The van der Waals surface area contributed by atoms with Crippen molar-refractivity contribution in [1.82, 2.24) is 0 Å². The van der Waals surface area contributed by atoms with Crippen LogP contribution in [0.2, 0.25) is 0 Å². The zero-order chi connectivity index (χ0) is 29.0. The van der Waals surface area contributed by atoms with Crippen LogP contribution in [0.15, 0.2) is 156 Å². The van der Waals surface area contributed by atoms with Gasteiger partial charge in [0.15, 0.2) is 0 Å². The molecule has 0 N–H and O–H groups in total. The first kappa shape index (κ1) is 26.1. The van der Waals surface area contributed by atoms with E-state index in [0.29, 0.717) is 5.25 Å². The average Bonchev–Trinajstić information content (AvgIpc) is 3.59. The first-order chi connectivity index (χ1) is 21.1. The molecule has 5 aromatic rings. The number of allylic oxidation sites excluding steroid dienone is 2. The summed E-state index contributed by atoms with van der Waals surface area (Å²) in [6.07, 6.45) is 5.64. The monoisotopic (exact) mass is 572 g/mol. The SMILES string of the molecule is CC1(C)c2ccccc2-c2ccc(N(C3=CCC4SC(c5ccccc5)=NC4=C3)c3ccc(-c4ccccc4)cc3)cc21. The topological polar surface area (TPSA) is 15.6 Å². The largest absolute Gasteiger partial charge is 0.311 e. The maximum absolute atomic E-state index is 5.14. The van der Waals surface area contributed by atoms with Crippen molar-refractivity contribution in [2.45, 2.75) is 30.9 Å². The van der Waals surface area contributed by atoms with E-state index < -0.39 is 0 Å². The van der Waals surface area contributed by atoms with E-state index in [1.165, 1.54) is 50.3 Å². The summed E-state index contributed by atoms with van der Waals surface area (Å²) in [6, 6.07) is 46.0. The van der Waals surface area contributed by atoms with Gasteiger partial charge in [0.2, 0.25) is 0 Å². The van der Waals surface area contributed by atoms with Crippen molar-refractivity contribution in [2.24, 2.45) is 4.99 Å². The van der Waals surface area contributed by atoms with Crippen LogP contribution in [-0.2, 0) is 5.41 Å². The fraction of sp³-hybridized carbons (Fsp3) is 0.125. The third-order valence-electron chi connectivity index (χ3n) is 8.99. The zero-order valence-electron chi connectivity index (χ0n) is 24.4. The van der Waals surface area contributed by atoms with Gasteiger partial charge in [0.05, 0.1) is 10.9 Å². The Morgan fingerprint density at radius 3 is 2.05 bits per heavy atom. The highest BCUT2D eigenvalue weighted by atomic mass is 32.2. The van der Waals surface area contributed by atoms with Crippen LogP contribution in [0.1, 0.15) is 37.0 Å². The molecule has 0 radical (unpaired) electrons. The third kappa shape index (κ3) is 4.47. The molecule has 2 aliphatic carbocycles. The molecule has 3 aliphatic rings. The van der Waals surface area contributed by atoms with E-state index in [1.807, 2.05) is 11.8 Å². The van der Waals surface area contributed by atoms with Crippen LogP contribution in [-0.4, -0.2) is 10.3 Å². The molecule has 2 nitrogen and oxygen atoms in total. The van der Waals surface area contributed by atoms with Gasteiger partial charge in [-0.2, -0.15) is 0 Å². The number of hydrogen-bond acceptors (Lipinski definition) is 3. The van der Waals surface area contributed by atoms with Crippen molar-refractivity contribution in [3.63, 3.8) is 0 Å². The summed E-state index contributed by atoms with van der Waals surface area (Å²) in [5, 5.41) is 1.47. The Balaban J connectivity index is 1.23. The predicted octanol–water partition coefficient (Wildman–Crippen LogP) is 10.5. The molecule has 43 heavy (non-hydrogen) atoms. The van der Waals surface area contributed by atoms with E-state index >= 15 is 0 Å². The Kier molecular flexibility index (Phi) is 6.24. The number of rotatable bonds is 5. The molecule has 0 aromatic heterocycles. The molecule has 0 saturated heterocycles. The van der Waals surface area contributed by atoms with Gasteiger partial charge in [-0.05, 0) is 70.1 Å². The molecule has 0 fully saturated rings. The highest BCUT2D eigenvalue weighted by Gasteiger charge is 2.36. The lowest BCUT2D eigenvalue weighted by Crippen LogP contribution is -2.20. The smallest absolute Gasteiger partial charge is 0.104 e. The number of hydrogen-bond donors (Lipinski definition) is 0. The van der Waals surface area contributed by atoms with Gasteiger partial charge in [0.25, 0.3) is 0 Å². The molecular weight excluding hydrogens is 541 g/mol. The quantitative estimate of drug-likeness (QED) is 0.208. The van der Waals surface area contributed by atoms with Gasteiger partial charge in [-0.15, -0.1) is 0 Å². The molecule has 1 aliphatic heterocycles. The first-order valence-electron chi connectivity index (χ1n) is 15.0. The zero-order valence-corrected chi connectivity index (χ0v) is 25.2. The Labute approximate surface area is 258 Å². The third-order valence-corrected chi connectivity index (χ3v) is 10.3. The van der Waals surface area contributed by atoms with Crippen LogP contribution in [0.3, 0.4) is 0 Å². The number of thioether (sulfide) groups is 1. The second kappa shape index (κ2) is 10.3. The number of fused-ring (bicyclic) bond motifs is 4. The summed E-state index contributed by atoms with van der Waals surface area (Å²) in [7, 11) is 0. The summed E-state index contributed by atoms with van der Waals surface area (Å²) < 4.78 is 0. The molecule has 1 unspecified atom stereocenters. The minimum atomic E-state index is -0.0632. The Bertz CT molecular complexity index is 1930. The lowest BCUT2D eigenvalue weighted by Gasteiger charge is -2.30. The second-order valence-electron chi connectivity index (χ2n) is 12.0. The van der Waals surface area contributed by atoms with E-state index in [0.717, 1.165) is 22.8 Å². The highest BCUT2D eigenvalue weighted by molar-refractivity contribution is 8.15. The van der Waals surface area contributed by atoms with Crippen molar-refractivity contribution in [3.8, 4) is 22.3 Å². The summed E-state index contributed by atoms with van der Waals surface area (Å²) in [5.41, 5.74) is 13.7. The van der Waals surface area contributed by atoms with Crippen molar-refractivity contribution in [2.75, 3.05) is 4.90 Å². The first-order valence-corrected chi connectivity index (χ1v) is 15.9. The van der Waals surface area contributed by atoms with Gasteiger partial charge in [-0.25, -0.2) is 4.99 Å². The molecule has 5 aromatic carbocycles. The predicted molar refractivity (Wildman–Crippen MR) is 183 cm³/mol. The van der Waals surface area contributed by atoms with E-state index in [-0.39, 0.29) is 5.41 Å². The summed E-state index contributed by atoms with van der Waals surface area (Å²) in [6.45, 7) is 4.70. The standard InChI is InChI=1S/C40H32N2S/c1-40(2)35-16-10-9-15-33(35)34-23-21-31(25-36(34)40)42(30-19-17-28(18-20-30)27-11-5-3-6-12-27)32-22-24-38-37(26-32)41-39(43-38)29-13-7-4-8-14-29/h3-23,25-26,38H,24H2,1-2H3. The van der Waals surface area contributed by atoms with Gasteiger partial charge in [-0.1, -0.05) is 135 Å². The maximum Gasteiger partial charge on any atom is 0.104 e. The number of nitrogens with zero attached hydrogens (tertiary/aromatic N) is 2. The van der Waals surface area contributed by atoms with Crippen LogP contribution in [0, 0.1) is 0 Å². The summed E-state index contributed by atoms with van der Waals surface area (Å²) >= 11 is 1.88. The Morgan fingerprint density at radius 1 is 0.651 bits per heavy atom. The second-order valence-corrected chi connectivity index (χ2v) is 13.2. The number of aliphatic imine (C=N–C) groups is 1. The molecule has 1 heterocycles. The lowest BCUT2D eigenvalue weighted by molar-refractivity contribution is 0.660. The van der Waals surface area contributed by atoms with Crippen molar-refractivity contribution in [3.05, 3.63) is 168 Å². The van der Waals surface area contributed by atoms with Gasteiger partial charge in [-0.3, -0.25) is 0 Å². The molecule has 3 heteroatoms. The van der Waals surface area contributed by atoms with E-state index in [2.05, 4.69) is 158 Å². The van der Waals surface area contributed by atoms with Crippen molar-refractivity contribution in [1.29, 1.82) is 0 Å². The van der Waals surface area contributed by atoms with Crippen LogP contribution in [0.4, 0.5) is 11.4 Å². The highest BCUT2D eigenvalue weighted by Crippen LogP contribution is 2.50. The van der Waals surface area contributed by atoms with Crippen LogP contribution in [0.25, 0.3) is 22.3 Å². The summed E-state index contributed by atoms with van der Waals surface area (Å²) in [5.74, 6) is 0. The van der Waals surface area contributed by atoms with Crippen LogP contribution < -0.4 is 4.90 Å². The van der Waals surface area contributed by atoms with Crippen molar-refractivity contribution < 1.29 is 0 Å². The van der Waals surface area contributed by atoms with E-state index in [4.69, 9.17) is 4.99 Å². The molecule has 8 rings (SSSR count). The van der Waals surface area contributed by atoms with E-state index in [1.54, 1.807) is 0 Å².